The summed E-state index contributed by atoms with van der Waals surface area (Å²) in [5.74, 6) is 0. The minimum absolute atomic E-state index is 0.0382. The van der Waals surface area contributed by atoms with Gasteiger partial charge in [0.15, 0.2) is 5.11 Å². The van der Waals surface area contributed by atoms with Gasteiger partial charge < -0.3 is 15.4 Å². The Morgan fingerprint density at radius 2 is 1.83 bits per heavy atom. The highest BCUT2D eigenvalue weighted by Crippen LogP contribution is 2.22. The number of nitrogens with one attached hydrogen (secondary N) is 2. The lowest BCUT2D eigenvalue weighted by Gasteiger charge is -2.23. The first-order valence-corrected chi connectivity index (χ1v) is 8.90. The summed E-state index contributed by atoms with van der Waals surface area (Å²) >= 11 is 5.51. The zero-order chi connectivity index (χ0) is 16.8. The molecule has 4 heteroatoms. The molecular formula is C20H24N2OS. The van der Waals surface area contributed by atoms with E-state index in [1.54, 1.807) is 0 Å². The van der Waals surface area contributed by atoms with Gasteiger partial charge in [-0.25, -0.2) is 0 Å². The van der Waals surface area contributed by atoms with E-state index >= 15 is 0 Å². The van der Waals surface area contributed by atoms with Crippen molar-refractivity contribution in [3.63, 3.8) is 0 Å². The van der Waals surface area contributed by atoms with Crippen LogP contribution in [0.15, 0.2) is 54.6 Å². The summed E-state index contributed by atoms with van der Waals surface area (Å²) in [6.45, 7) is 3.73. The van der Waals surface area contributed by atoms with E-state index in [0.717, 1.165) is 26.0 Å². The average molecular weight is 340 g/mol. The van der Waals surface area contributed by atoms with Gasteiger partial charge in [-0.2, -0.15) is 0 Å². The molecule has 2 aromatic carbocycles. The van der Waals surface area contributed by atoms with Gasteiger partial charge >= 0.3 is 0 Å². The van der Waals surface area contributed by atoms with Crippen LogP contribution in [-0.2, 0) is 4.74 Å². The average Bonchev–Trinajstić information content (AvgIpc) is 3.13. The third kappa shape index (κ3) is 4.56. The molecule has 2 N–H and O–H groups in total. The maximum Gasteiger partial charge on any atom is 0.167 e. The van der Waals surface area contributed by atoms with Crippen molar-refractivity contribution in [2.24, 2.45) is 0 Å². The third-order valence-electron chi connectivity index (χ3n) is 4.33. The second-order valence-corrected chi connectivity index (χ2v) is 6.65. The summed E-state index contributed by atoms with van der Waals surface area (Å²) in [6, 6.07) is 19.0. The zero-order valence-corrected chi connectivity index (χ0v) is 14.8. The van der Waals surface area contributed by atoms with Gasteiger partial charge in [-0.1, -0.05) is 60.2 Å². The van der Waals surface area contributed by atoms with Gasteiger partial charge in [-0.3, -0.25) is 0 Å². The van der Waals surface area contributed by atoms with Crippen LogP contribution in [0.5, 0.6) is 0 Å². The van der Waals surface area contributed by atoms with Crippen molar-refractivity contribution in [2.45, 2.75) is 31.9 Å². The van der Waals surface area contributed by atoms with Gasteiger partial charge in [0.05, 0.1) is 12.1 Å². The first-order valence-electron chi connectivity index (χ1n) is 8.50. The van der Waals surface area contributed by atoms with Crippen LogP contribution in [0.2, 0.25) is 0 Å². The summed E-state index contributed by atoms with van der Waals surface area (Å²) in [5, 5.41) is 7.43. The van der Waals surface area contributed by atoms with E-state index in [9.17, 15) is 0 Å². The van der Waals surface area contributed by atoms with E-state index in [1.165, 1.54) is 16.7 Å². The van der Waals surface area contributed by atoms with E-state index in [2.05, 4.69) is 66.1 Å². The SMILES string of the molecule is Cc1ccc([C@@H](NC(=S)NC[C@H]2CCCO2)c2ccccc2)cc1. The first kappa shape index (κ1) is 16.9. The van der Waals surface area contributed by atoms with Crippen LogP contribution in [0.1, 0.15) is 35.6 Å². The topological polar surface area (TPSA) is 33.3 Å². The number of hydrogen-bond donors (Lipinski definition) is 2. The van der Waals surface area contributed by atoms with Gasteiger partial charge in [0.25, 0.3) is 0 Å². The van der Waals surface area contributed by atoms with E-state index < -0.39 is 0 Å². The highest BCUT2D eigenvalue weighted by Gasteiger charge is 2.18. The van der Waals surface area contributed by atoms with Crippen molar-refractivity contribution < 1.29 is 4.74 Å². The first-order chi connectivity index (χ1) is 11.7. The predicted octanol–water partition coefficient (Wildman–Crippen LogP) is 3.73. The Balaban J connectivity index is 1.70. The quantitative estimate of drug-likeness (QED) is 0.813. The van der Waals surface area contributed by atoms with Gasteiger partial charge in [-0.15, -0.1) is 0 Å². The fourth-order valence-corrected chi connectivity index (χ4v) is 3.16. The molecule has 0 saturated carbocycles. The molecule has 0 radical (unpaired) electrons. The van der Waals surface area contributed by atoms with E-state index in [4.69, 9.17) is 17.0 Å². The van der Waals surface area contributed by atoms with Crippen LogP contribution >= 0.6 is 12.2 Å². The Morgan fingerprint density at radius 1 is 1.12 bits per heavy atom. The van der Waals surface area contributed by atoms with Crippen molar-refractivity contribution in [1.82, 2.24) is 10.6 Å². The highest BCUT2D eigenvalue weighted by atomic mass is 32.1. The lowest BCUT2D eigenvalue weighted by molar-refractivity contribution is 0.114. The number of aryl methyl sites for hydroxylation is 1. The minimum atomic E-state index is 0.0382. The molecule has 0 aromatic heterocycles. The minimum Gasteiger partial charge on any atom is -0.376 e. The number of ether oxygens (including phenoxy) is 1. The summed E-state index contributed by atoms with van der Waals surface area (Å²) in [7, 11) is 0. The van der Waals surface area contributed by atoms with Crippen LogP contribution in [0.3, 0.4) is 0 Å². The van der Waals surface area contributed by atoms with Gasteiger partial charge in [0.2, 0.25) is 0 Å². The molecule has 1 aliphatic heterocycles. The van der Waals surface area contributed by atoms with E-state index in [0.29, 0.717) is 5.11 Å². The molecule has 0 amide bonds. The number of thiocarbonyl (C=S) groups is 1. The monoisotopic (exact) mass is 340 g/mol. The number of hydrogen-bond acceptors (Lipinski definition) is 2. The Labute approximate surface area is 149 Å². The van der Waals surface area contributed by atoms with Crippen LogP contribution in [0.4, 0.5) is 0 Å². The number of benzene rings is 2. The second kappa shape index (κ2) is 8.27. The Morgan fingerprint density at radius 3 is 2.50 bits per heavy atom. The molecule has 126 valence electrons. The molecule has 1 saturated heterocycles. The molecule has 1 fully saturated rings. The fraction of sp³-hybridized carbons (Fsp3) is 0.350. The lowest BCUT2D eigenvalue weighted by atomic mass is 9.98. The second-order valence-electron chi connectivity index (χ2n) is 6.24. The smallest absolute Gasteiger partial charge is 0.167 e. The molecule has 1 aliphatic rings. The summed E-state index contributed by atoms with van der Waals surface area (Å²) in [5.41, 5.74) is 3.65. The molecule has 0 unspecified atom stereocenters. The highest BCUT2D eigenvalue weighted by molar-refractivity contribution is 7.80. The van der Waals surface area contributed by atoms with Gasteiger partial charge in [-0.05, 0) is 43.1 Å². The van der Waals surface area contributed by atoms with Crippen molar-refractivity contribution >= 4 is 17.3 Å². The molecule has 3 nitrogen and oxygen atoms in total. The molecular weight excluding hydrogens is 316 g/mol. The number of rotatable bonds is 5. The molecule has 0 aliphatic carbocycles. The molecule has 2 aromatic rings. The van der Waals surface area contributed by atoms with Crippen molar-refractivity contribution in [3.8, 4) is 0 Å². The molecule has 3 rings (SSSR count). The molecule has 0 spiro atoms. The maximum absolute atomic E-state index is 5.64. The van der Waals surface area contributed by atoms with Gasteiger partial charge in [0.1, 0.15) is 0 Å². The fourth-order valence-electron chi connectivity index (χ4n) is 2.96. The standard InChI is InChI=1S/C20H24N2OS/c1-15-9-11-17(12-10-15)19(16-6-3-2-4-7-16)22-20(24)21-14-18-8-5-13-23-18/h2-4,6-7,9-12,18-19H,5,8,13-14H2,1H3,(H2,21,22,24)/t18-,19+/m1/s1. The van der Waals surface area contributed by atoms with Crippen molar-refractivity contribution in [1.29, 1.82) is 0 Å². The normalized spacial score (nSPS) is 18.1. The Hall–Kier alpha value is -1.91. The zero-order valence-electron chi connectivity index (χ0n) is 14.0. The van der Waals surface area contributed by atoms with E-state index in [1.807, 2.05) is 6.07 Å². The Kier molecular flexibility index (Phi) is 5.83. The lowest BCUT2D eigenvalue weighted by Crippen LogP contribution is -2.41. The van der Waals surface area contributed by atoms with Gasteiger partial charge in [0, 0.05) is 13.2 Å². The van der Waals surface area contributed by atoms with Crippen LogP contribution in [0, 0.1) is 6.92 Å². The van der Waals surface area contributed by atoms with Crippen molar-refractivity contribution in [2.75, 3.05) is 13.2 Å². The summed E-state index contributed by atoms with van der Waals surface area (Å²) in [6.07, 6.45) is 2.53. The van der Waals surface area contributed by atoms with Crippen LogP contribution in [0.25, 0.3) is 0 Å². The predicted molar refractivity (Wildman–Crippen MR) is 102 cm³/mol. The largest absolute Gasteiger partial charge is 0.376 e. The van der Waals surface area contributed by atoms with E-state index in [-0.39, 0.29) is 12.1 Å². The molecule has 1 heterocycles. The third-order valence-corrected chi connectivity index (χ3v) is 4.60. The van der Waals surface area contributed by atoms with Crippen LogP contribution < -0.4 is 10.6 Å². The summed E-state index contributed by atoms with van der Waals surface area (Å²) in [4.78, 5) is 0. The molecule has 0 bridgehead atoms. The van der Waals surface area contributed by atoms with Crippen LogP contribution in [-0.4, -0.2) is 24.4 Å². The Bertz CT molecular complexity index is 651. The molecule has 2 atom stereocenters. The summed E-state index contributed by atoms with van der Waals surface area (Å²) < 4.78 is 5.64. The maximum atomic E-state index is 5.64. The van der Waals surface area contributed by atoms with Crippen molar-refractivity contribution in [3.05, 3.63) is 71.3 Å². The molecule has 24 heavy (non-hydrogen) atoms.